The van der Waals surface area contributed by atoms with Gasteiger partial charge < -0.3 is 24.3 Å². The van der Waals surface area contributed by atoms with Crippen molar-refractivity contribution in [2.24, 2.45) is 0 Å². The molecule has 146 valence electrons. The second-order valence-electron chi connectivity index (χ2n) is 6.75. The highest BCUT2D eigenvalue weighted by Gasteiger charge is 2.31. The van der Waals surface area contributed by atoms with Crippen LogP contribution < -0.4 is 29.7 Å². The van der Waals surface area contributed by atoms with Gasteiger partial charge in [-0.05, 0) is 47.7 Å². The molecule has 2 aromatic rings. The lowest BCUT2D eigenvalue weighted by atomic mass is 9.95. The fourth-order valence-electron chi connectivity index (χ4n) is 3.90. The maximum absolute atomic E-state index is 12.6. The summed E-state index contributed by atoms with van der Waals surface area (Å²) in [6, 6.07) is 6.64. The molecule has 1 amide bonds. The van der Waals surface area contributed by atoms with Gasteiger partial charge in [0.05, 0.1) is 20.3 Å². The summed E-state index contributed by atoms with van der Waals surface area (Å²) in [7, 11) is 3.05. The maximum Gasteiger partial charge on any atom is 0.231 e. The summed E-state index contributed by atoms with van der Waals surface area (Å²) in [6.45, 7) is 1.57. The van der Waals surface area contributed by atoms with E-state index in [1.165, 1.54) is 20.1 Å². The van der Waals surface area contributed by atoms with Crippen molar-refractivity contribution < 1.29 is 23.7 Å². The molecule has 0 saturated carbocycles. The van der Waals surface area contributed by atoms with Crippen LogP contribution in [0.25, 0.3) is 11.1 Å². The van der Waals surface area contributed by atoms with Crippen LogP contribution in [-0.4, -0.2) is 26.9 Å². The molecule has 0 radical (unpaired) electrons. The van der Waals surface area contributed by atoms with Gasteiger partial charge in [0.15, 0.2) is 17.2 Å². The van der Waals surface area contributed by atoms with Gasteiger partial charge in [-0.3, -0.25) is 9.59 Å². The van der Waals surface area contributed by atoms with E-state index in [2.05, 4.69) is 5.32 Å². The van der Waals surface area contributed by atoms with Crippen molar-refractivity contribution in [1.82, 2.24) is 5.32 Å². The van der Waals surface area contributed by atoms with E-state index in [-0.39, 0.29) is 29.9 Å². The quantitative estimate of drug-likeness (QED) is 0.877. The van der Waals surface area contributed by atoms with E-state index in [0.717, 1.165) is 22.3 Å². The molecule has 0 bridgehead atoms. The molecule has 1 heterocycles. The standard InChI is InChI=1S/C21H21NO6/c1-11(23)22-15-6-4-12-8-18(26-3)20-21(28-10-27-20)19(12)13-5-7-17(25-2)16(24)9-14(13)15/h5,7-9,15H,4,6,10H2,1-3H3,(H,22,23)/t15-/m0/s1. The topological polar surface area (TPSA) is 83.1 Å². The van der Waals surface area contributed by atoms with Crippen LogP contribution in [-0.2, 0) is 11.2 Å². The van der Waals surface area contributed by atoms with Crippen LogP contribution in [0.4, 0.5) is 0 Å². The number of methoxy groups -OCH3 is 2. The molecule has 0 unspecified atom stereocenters. The molecule has 7 nitrogen and oxygen atoms in total. The zero-order chi connectivity index (χ0) is 19.8. The Bertz CT molecular complexity index is 1020. The van der Waals surface area contributed by atoms with Crippen LogP contribution in [0.15, 0.2) is 29.1 Å². The number of benzene rings is 1. The van der Waals surface area contributed by atoms with Crippen LogP contribution >= 0.6 is 0 Å². The molecule has 2 aromatic carbocycles. The Kier molecular flexibility index (Phi) is 4.58. The third-order valence-corrected chi connectivity index (χ3v) is 5.10. The molecule has 1 atom stereocenters. The number of ether oxygens (including phenoxy) is 4. The van der Waals surface area contributed by atoms with Gasteiger partial charge in [-0.15, -0.1) is 0 Å². The highest BCUT2D eigenvalue weighted by atomic mass is 16.7. The Morgan fingerprint density at radius 1 is 1.11 bits per heavy atom. The third kappa shape index (κ3) is 2.93. The second kappa shape index (κ2) is 7.07. The minimum atomic E-state index is -0.311. The summed E-state index contributed by atoms with van der Waals surface area (Å²) in [5.41, 5.74) is 3.15. The molecule has 0 aromatic heterocycles. The Morgan fingerprint density at radius 3 is 2.57 bits per heavy atom. The minimum absolute atomic E-state index is 0.0989. The molecule has 0 saturated heterocycles. The smallest absolute Gasteiger partial charge is 0.231 e. The predicted molar refractivity (Wildman–Crippen MR) is 102 cm³/mol. The average Bonchev–Trinajstić information content (AvgIpc) is 3.04. The van der Waals surface area contributed by atoms with Gasteiger partial charge in [-0.25, -0.2) is 0 Å². The van der Waals surface area contributed by atoms with Crippen molar-refractivity contribution in [3.05, 3.63) is 45.6 Å². The van der Waals surface area contributed by atoms with Crippen molar-refractivity contribution in [2.75, 3.05) is 21.0 Å². The monoisotopic (exact) mass is 383 g/mol. The number of carbonyl (C=O) groups is 1. The minimum Gasteiger partial charge on any atom is -0.493 e. The number of hydrogen-bond donors (Lipinski definition) is 1. The molecular weight excluding hydrogens is 362 g/mol. The number of aryl methyl sites for hydroxylation is 1. The SMILES string of the molecule is COc1cc2c(c3c1OCO3)-c1ccc(OC)c(=O)cc1[C@@H](NC(C)=O)CC2. The summed E-state index contributed by atoms with van der Waals surface area (Å²) >= 11 is 0. The zero-order valence-electron chi connectivity index (χ0n) is 16.0. The Hall–Kier alpha value is -3.22. The number of fused-ring (bicyclic) bond motifs is 5. The maximum atomic E-state index is 12.6. The first-order chi connectivity index (χ1) is 13.5. The second-order valence-corrected chi connectivity index (χ2v) is 6.75. The summed E-state index contributed by atoms with van der Waals surface area (Å²) in [5, 5.41) is 2.97. The molecule has 7 heteroatoms. The molecule has 1 aliphatic carbocycles. The first kappa shape index (κ1) is 18.2. The zero-order valence-corrected chi connectivity index (χ0v) is 16.0. The predicted octanol–water partition coefficient (Wildman–Crippen LogP) is 2.58. The van der Waals surface area contributed by atoms with E-state index < -0.39 is 0 Å². The van der Waals surface area contributed by atoms with Gasteiger partial charge in [-0.2, -0.15) is 0 Å². The fourth-order valence-corrected chi connectivity index (χ4v) is 3.90. The molecule has 1 aliphatic heterocycles. The number of rotatable bonds is 3. The molecule has 0 fully saturated rings. The van der Waals surface area contributed by atoms with Gasteiger partial charge in [0.2, 0.25) is 23.9 Å². The number of hydrogen-bond acceptors (Lipinski definition) is 6. The van der Waals surface area contributed by atoms with Crippen LogP contribution in [0.2, 0.25) is 0 Å². The van der Waals surface area contributed by atoms with E-state index in [4.69, 9.17) is 18.9 Å². The number of carbonyl (C=O) groups excluding carboxylic acids is 1. The van der Waals surface area contributed by atoms with E-state index in [1.807, 2.05) is 12.1 Å². The van der Waals surface area contributed by atoms with E-state index >= 15 is 0 Å². The van der Waals surface area contributed by atoms with Crippen LogP contribution in [0.5, 0.6) is 23.0 Å². The van der Waals surface area contributed by atoms with Crippen LogP contribution in [0.1, 0.15) is 30.5 Å². The lowest BCUT2D eigenvalue weighted by Crippen LogP contribution is -2.26. The fraction of sp³-hybridized carbons (Fsp3) is 0.333. The Balaban J connectivity index is 2.04. The van der Waals surface area contributed by atoms with Crippen molar-refractivity contribution >= 4 is 5.91 Å². The van der Waals surface area contributed by atoms with Crippen molar-refractivity contribution in [1.29, 1.82) is 0 Å². The summed E-state index contributed by atoms with van der Waals surface area (Å²) in [5.74, 6) is 1.82. The number of amides is 1. The molecule has 2 aliphatic rings. The van der Waals surface area contributed by atoms with E-state index in [0.29, 0.717) is 30.1 Å². The molecular formula is C21H21NO6. The van der Waals surface area contributed by atoms with Crippen LogP contribution in [0, 0.1) is 0 Å². The van der Waals surface area contributed by atoms with Gasteiger partial charge in [-0.1, -0.05) is 6.07 Å². The molecule has 0 spiro atoms. The molecule has 4 rings (SSSR count). The third-order valence-electron chi connectivity index (χ3n) is 5.10. The normalized spacial score (nSPS) is 16.5. The van der Waals surface area contributed by atoms with Gasteiger partial charge in [0.1, 0.15) is 0 Å². The van der Waals surface area contributed by atoms with Crippen molar-refractivity contribution in [3.63, 3.8) is 0 Å². The van der Waals surface area contributed by atoms with Crippen molar-refractivity contribution in [2.45, 2.75) is 25.8 Å². The van der Waals surface area contributed by atoms with Gasteiger partial charge >= 0.3 is 0 Å². The highest BCUT2D eigenvalue weighted by molar-refractivity contribution is 5.83. The van der Waals surface area contributed by atoms with Crippen LogP contribution in [0.3, 0.4) is 0 Å². The lowest BCUT2D eigenvalue weighted by Gasteiger charge is -2.17. The Labute approximate surface area is 162 Å². The Morgan fingerprint density at radius 2 is 1.86 bits per heavy atom. The highest BCUT2D eigenvalue weighted by Crippen LogP contribution is 2.52. The van der Waals surface area contributed by atoms with Gasteiger partial charge in [0.25, 0.3) is 0 Å². The largest absolute Gasteiger partial charge is 0.493 e. The first-order valence-corrected chi connectivity index (χ1v) is 9.02. The average molecular weight is 383 g/mol. The number of nitrogens with one attached hydrogen (secondary N) is 1. The molecule has 28 heavy (non-hydrogen) atoms. The van der Waals surface area contributed by atoms with Gasteiger partial charge in [0, 0.05) is 12.5 Å². The van der Waals surface area contributed by atoms with Crippen molar-refractivity contribution in [3.8, 4) is 34.1 Å². The summed E-state index contributed by atoms with van der Waals surface area (Å²) in [4.78, 5) is 24.4. The summed E-state index contributed by atoms with van der Waals surface area (Å²) in [6.07, 6.45) is 1.31. The van der Waals surface area contributed by atoms with E-state index in [1.54, 1.807) is 13.2 Å². The first-order valence-electron chi connectivity index (χ1n) is 9.02. The molecule has 1 N–H and O–H groups in total. The lowest BCUT2D eigenvalue weighted by molar-refractivity contribution is -0.119. The summed E-state index contributed by atoms with van der Waals surface area (Å²) < 4.78 is 22.1. The van der Waals surface area contributed by atoms with E-state index in [9.17, 15) is 9.59 Å².